The van der Waals surface area contributed by atoms with Crippen molar-refractivity contribution in [3.8, 4) is 0 Å². The van der Waals surface area contributed by atoms with Crippen LogP contribution >= 0.6 is 24.0 Å². The molecule has 7 heteroatoms. The molecule has 3 N–H and O–H groups in total. The molecule has 1 atom stereocenters. The summed E-state index contributed by atoms with van der Waals surface area (Å²) in [4.78, 5) is 23.4. The number of amides is 2. The minimum Gasteiger partial charge on any atom is -0.325 e. The number of anilines is 2. The second-order valence-electron chi connectivity index (χ2n) is 5.07. The molecular formula is C14H19Cl2N3O2. The van der Waals surface area contributed by atoms with Gasteiger partial charge >= 0.3 is 0 Å². The van der Waals surface area contributed by atoms with Crippen molar-refractivity contribution >= 4 is 47.2 Å². The number of halogens is 2. The average Bonchev–Trinajstić information content (AvgIpc) is 2.29. The monoisotopic (exact) mass is 331 g/mol. The number of carbonyl (C=O) groups excluding carboxylic acids is 2. The van der Waals surface area contributed by atoms with Crippen LogP contribution in [-0.4, -0.2) is 24.9 Å². The lowest BCUT2D eigenvalue weighted by molar-refractivity contribution is -0.121. The molecule has 0 aliphatic carbocycles. The standard InChI is InChI=1S/C14H18ClN3O2.ClH/c1-8(10-6-16-7-10)14(20)18-13-5-11(15)3-4-12(13)17-9(2)19;/h3-5,8,10,16H,6-7H2,1-2H3,(H,17,19)(H,18,20);1H. The van der Waals surface area contributed by atoms with Gasteiger partial charge in [-0.3, -0.25) is 9.59 Å². The van der Waals surface area contributed by atoms with E-state index in [2.05, 4.69) is 16.0 Å². The van der Waals surface area contributed by atoms with Gasteiger partial charge in [-0.15, -0.1) is 12.4 Å². The predicted molar refractivity (Wildman–Crippen MR) is 87.2 cm³/mol. The van der Waals surface area contributed by atoms with Crippen molar-refractivity contribution in [1.82, 2.24) is 5.32 Å². The molecule has 1 aliphatic rings. The third kappa shape index (κ3) is 4.59. The second-order valence-corrected chi connectivity index (χ2v) is 5.50. The molecule has 21 heavy (non-hydrogen) atoms. The van der Waals surface area contributed by atoms with E-state index in [4.69, 9.17) is 11.6 Å². The van der Waals surface area contributed by atoms with E-state index in [1.165, 1.54) is 6.92 Å². The summed E-state index contributed by atoms with van der Waals surface area (Å²) in [6.07, 6.45) is 0. The maximum Gasteiger partial charge on any atom is 0.227 e. The molecule has 0 bridgehead atoms. The topological polar surface area (TPSA) is 70.2 Å². The maximum atomic E-state index is 12.2. The fraction of sp³-hybridized carbons (Fsp3) is 0.429. The molecule has 0 saturated carbocycles. The van der Waals surface area contributed by atoms with Crippen LogP contribution in [0.15, 0.2) is 18.2 Å². The van der Waals surface area contributed by atoms with Gasteiger partial charge in [-0.1, -0.05) is 18.5 Å². The third-order valence-corrected chi connectivity index (χ3v) is 3.72. The normalized spacial score (nSPS) is 15.4. The van der Waals surface area contributed by atoms with Crippen molar-refractivity contribution in [2.45, 2.75) is 13.8 Å². The Balaban J connectivity index is 0.00000220. The number of hydrogen-bond acceptors (Lipinski definition) is 3. The molecule has 5 nitrogen and oxygen atoms in total. The first-order chi connectivity index (χ1) is 9.47. The summed E-state index contributed by atoms with van der Waals surface area (Å²) in [6, 6.07) is 4.98. The van der Waals surface area contributed by atoms with Gasteiger partial charge in [0.2, 0.25) is 11.8 Å². The zero-order chi connectivity index (χ0) is 14.7. The zero-order valence-electron chi connectivity index (χ0n) is 11.9. The zero-order valence-corrected chi connectivity index (χ0v) is 13.5. The molecule has 0 radical (unpaired) electrons. The van der Waals surface area contributed by atoms with E-state index in [9.17, 15) is 9.59 Å². The Morgan fingerprint density at radius 3 is 2.48 bits per heavy atom. The first kappa shape index (κ1) is 17.8. The van der Waals surface area contributed by atoms with Gasteiger partial charge in [-0.25, -0.2) is 0 Å². The molecule has 1 fully saturated rings. The molecule has 1 unspecified atom stereocenters. The largest absolute Gasteiger partial charge is 0.325 e. The SMILES string of the molecule is CC(=O)Nc1ccc(Cl)cc1NC(=O)C(C)C1CNC1.Cl. The van der Waals surface area contributed by atoms with E-state index in [0.29, 0.717) is 22.3 Å². The number of hydrogen-bond donors (Lipinski definition) is 3. The van der Waals surface area contributed by atoms with Crippen LogP contribution in [-0.2, 0) is 9.59 Å². The summed E-state index contributed by atoms with van der Waals surface area (Å²) in [7, 11) is 0. The van der Waals surface area contributed by atoms with Crippen molar-refractivity contribution in [3.05, 3.63) is 23.2 Å². The number of rotatable bonds is 4. The fourth-order valence-electron chi connectivity index (χ4n) is 2.04. The predicted octanol–water partition coefficient (Wildman–Crippen LogP) is 2.51. The van der Waals surface area contributed by atoms with Crippen molar-refractivity contribution < 1.29 is 9.59 Å². The molecular weight excluding hydrogens is 313 g/mol. The summed E-state index contributed by atoms with van der Waals surface area (Å²) >= 11 is 5.94. The van der Waals surface area contributed by atoms with E-state index in [-0.39, 0.29) is 30.1 Å². The fourth-order valence-corrected chi connectivity index (χ4v) is 2.22. The van der Waals surface area contributed by atoms with E-state index in [1.54, 1.807) is 18.2 Å². The van der Waals surface area contributed by atoms with E-state index >= 15 is 0 Å². The molecule has 1 aromatic rings. The summed E-state index contributed by atoms with van der Waals surface area (Å²) in [5, 5.41) is 9.17. The van der Waals surface area contributed by atoms with Crippen LogP contribution in [0.3, 0.4) is 0 Å². The van der Waals surface area contributed by atoms with Gasteiger partial charge in [0.05, 0.1) is 11.4 Å². The van der Waals surface area contributed by atoms with Gasteiger partial charge in [0, 0.05) is 17.9 Å². The Labute approximate surface area is 135 Å². The third-order valence-electron chi connectivity index (χ3n) is 3.48. The average molecular weight is 332 g/mol. The highest BCUT2D eigenvalue weighted by Crippen LogP contribution is 2.27. The van der Waals surface area contributed by atoms with Gasteiger partial charge in [-0.05, 0) is 37.2 Å². The molecule has 0 aromatic heterocycles. The van der Waals surface area contributed by atoms with E-state index in [0.717, 1.165) is 13.1 Å². The molecule has 0 spiro atoms. The quantitative estimate of drug-likeness (QED) is 0.793. The highest BCUT2D eigenvalue weighted by Gasteiger charge is 2.29. The molecule has 2 amide bonds. The maximum absolute atomic E-state index is 12.2. The van der Waals surface area contributed by atoms with Crippen LogP contribution in [0.4, 0.5) is 11.4 Å². The Kier molecular flexibility index (Phi) is 6.45. The van der Waals surface area contributed by atoms with Gasteiger partial charge in [0.25, 0.3) is 0 Å². The number of carbonyl (C=O) groups is 2. The van der Waals surface area contributed by atoms with Crippen LogP contribution in [0, 0.1) is 11.8 Å². The summed E-state index contributed by atoms with van der Waals surface area (Å²) in [5.41, 5.74) is 1.08. The summed E-state index contributed by atoms with van der Waals surface area (Å²) in [5.74, 6) is 0.0169. The smallest absolute Gasteiger partial charge is 0.227 e. The first-order valence-electron chi connectivity index (χ1n) is 6.56. The van der Waals surface area contributed by atoms with Crippen molar-refractivity contribution in [2.75, 3.05) is 23.7 Å². The van der Waals surface area contributed by atoms with Crippen LogP contribution in [0.2, 0.25) is 5.02 Å². The highest BCUT2D eigenvalue weighted by molar-refractivity contribution is 6.31. The van der Waals surface area contributed by atoms with Crippen LogP contribution in [0.1, 0.15) is 13.8 Å². The molecule has 1 heterocycles. The summed E-state index contributed by atoms with van der Waals surface area (Å²) < 4.78 is 0. The van der Waals surface area contributed by atoms with Crippen molar-refractivity contribution in [3.63, 3.8) is 0 Å². The molecule has 116 valence electrons. The molecule has 1 aromatic carbocycles. The minimum atomic E-state index is -0.195. The van der Waals surface area contributed by atoms with Gasteiger partial charge < -0.3 is 16.0 Å². The Morgan fingerprint density at radius 2 is 1.95 bits per heavy atom. The van der Waals surface area contributed by atoms with Gasteiger partial charge in [0.1, 0.15) is 0 Å². The number of nitrogens with one attached hydrogen (secondary N) is 3. The van der Waals surface area contributed by atoms with E-state index < -0.39 is 0 Å². The van der Waals surface area contributed by atoms with Crippen LogP contribution in [0.25, 0.3) is 0 Å². The Bertz CT molecular complexity index is 533. The van der Waals surface area contributed by atoms with Crippen LogP contribution < -0.4 is 16.0 Å². The second kappa shape index (κ2) is 7.64. The molecule has 1 aliphatic heterocycles. The van der Waals surface area contributed by atoms with Gasteiger partial charge in [0.15, 0.2) is 0 Å². The molecule has 2 rings (SSSR count). The highest BCUT2D eigenvalue weighted by atomic mass is 35.5. The first-order valence-corrected chi connectivity index (χ1v) is 6.94. The molecule has 1 saturated heterocycles. The minimum absolute atomic E-state index is 0. The lowest BCUT2D eigenvalue weighted by atomic mass is 9.88. The Hall–Kier alpha value is -1.30. The lowest BCUT2D eigenvalue weighted by Gasteiger charge is -2.31. The van der Waals surface area contributed by atoms with Crippen molar-refractivity contribution in [1.29, 1.82) is 0 Å². The van der Waals surface area contributed by atoms with Crippen molar-refractivity contribution in [2.24, 2.45) is 11.8 Å². The van der Waals surface area contributed by atoms with Gasteiger partial charge in [-0.2, -0.15) is 0 Å². The Morgan fingerprint density at radius 1 is 1.29 bits per heavy atom. The summed E-state index contributed by atoms with van der Waals surface area (Å²) in [6.45, 7) is 5.05. The lowest BCUT2D eigenvalue weighted by Crippen LogP contribution is -2.48. The van der Waals surface area contributed by atoms with E-state index in [1.807, 2.05) is 6.92 Å². The van der Waals surface area contributed by atoms with Crippen LogP contribution in [0.5, 0.6) is 0 Å². The number of benzene rings is 1.